The molecule has 1 heterocycles. The third-order valence-corrected chi connectivity index (χ3v) is 4.81. The summed E-state index contributed by atoms with van der Waals surface area (Å²) in [7, 11) is 3.09. The van der Waals surface area contributed by atoms with E-state index in [0.29, 0.717) is 23.1 Å². The summed E-state index contributed by atoms with van der Waals surface area (Å²) >= 11 is 6.17. The Morgan fingerprint density at radius 1 is 1.19 bits per heavy atom. The number of amides is 1. The Kier molecular flexibility index (Phi) is 8.78. The molecule has 0 saturated carbocycles. The van der Waals surface area contributed by atoms with E-state index >= 15 is 0 Å². The molecule has 0 unspecified atom stereocenters. The van der Waals surface area contributed by atoms with Crippen LogP contribution in [0, 0.1) is 0 Å². The first-order valence-electron chi connectivity index (χ1n) is 9.24. The normalized spacial score (nSPS) is 15.7. The van der Waals surface area contributed by atoms with Gasteiger partial charge in [0.05, 0.1) is 19.2 Å². The van der Waals surface area contributed by atoms with Gasteiger partial charge in [-0.2, -0.15) is 0 Å². The monoisotopic (exact) mass is 380 g/mol. The maximum Gasteiger partial charge on any atom is 0.243 e. The van der Waals surface area contributed by atoms with Crippen LogP contribution in [0.15, 0.2) is 18.2 Å². The molecule has 0 radical (unpaired) electrons. The SMILES string of the molecule is COc1cc(/C=C/C(=O)NCCCN2CCCCCC2)cc(Cl)c1OC. The summed E-state index contributed by atoms with van der Waals surface area (Å²) in [5, 5.41) is 3.38. The van der Waals surface area contributed by atoms with Gasteiger partial charge < -0.3 is 19.7 Å². The van der Waals surface area contributed by atoms with Crippen LogP contribution < -0.4 is 14.8 Å². The van der Waals surface area contributed by atoms with Crippen LogP contribution >= 0.6 is 11.6 Å². The molecule has 1 aromatic carbocycles. The summed E-state index contributed by atoms with van der Waals surface area (Å²) in [6.07, 6.45) is 9.49. The second-order valence-electron chi connectivity index (χ2n) is 6.47. The van der Waals surface area contributed by atoms with E-state index in [-0.39, 0.29) is 5.91 Å². The highest BCUT2D eigenvalue weighted by Crippen LogP contribution is 2.36. The molecule has 6 heteroatoms. The number of rotatable bonds is 8. The maximum atomic E-state index is 12.0. The predicted molar refractivity (Wildman–Crippen MR) is 106 cm³/mol. The third-order valence-electron chi connectivity index (χ3n) is 4.53. The van der Waals surface area contributed by atoms with Gasteiger partial charge in [-0.15, -0.1) is 0 Å². The van der Waals surface area contributed by atoms with Crippen molar-refractivity contribution in [1.82, 2.24) is 10.2 Å². The molecule has 1 amide bonds. The highest BCUT2D eigenvalue weighted by molar-refractivity contribution is 6.32. The first kappa shape index (κ1) is 20.6. The van der Waals surface area contributed by atoms with Crippen molar-refractivity contribution in [2.24, 2.45) is 0 Å². The lowest BCUT2D eigenvalue weighted by atomic mass is 10.2. The van der Waals surface area contributed by atoms with Gasteiger partial charge in [-0.1, -0.05) is 24.4 Å². The van der Waals surface area contributed by atoms with Crippen molar-refractivity contribution < 1.29 is 14.3 Å². The fourth-order valence-electron chi connectivity index (χ4n) is 3.14. The van der Waals surface area contributed by atoms with Gasteiger partial charge in [-0.25, -0.2) is 0 Å². The lowest BCUT2D eigenvalue weighted by Gasteiger charge is -2.19. The molecular weight excluding hydrogens is 352 g/mol. The maximum absolute atomic E-state index is 12.0. The molecule has 0 aliphatic carbocycles. The van der Waals surface area contributed by atoms with Crippen molar-refractivity contribution in [3.63, 3.8) is 0 Å². The zero-order valence-electron chi connectivity index (χ0n) is 15.7. The van der Waals surface area contributed by atoms with Gasteiger partial charge in [-0.3, -0.25) is 4.79 Å². The lowest BCUT2D eigenvalue weighted by Crippen LogP contribution is -2.30. The number of hydrogen-bond donors (Lipinski definition) is 1. The summed E-state index contributed by atoms with van der Waals surface area (Å²) in [5.74, 6) is 0.925. The van der Waals surface area contributed by atoms with Crippen molar-refractivity contribution in [1.29, 1.82) is 0 Å². The number of likely N-dealkylation sites (tertiary alicyclic amines) is 1. The van der Waals surface area contributed by atoms with Crippen LogP contribution in [0.4, 0.5) is 0 Å². The molecule has 1 aliphatic rings. The smallest absolute Gasteiger partial charge is 0.243 e. The Morgan fingerprint density at radius 3 is 2.58 bits per heavy atom. The molecule has 5 nitrogen and oxygen atoms in total. The van der Waals surface area contributed by atoms with Crippen molar-refractivity contribution in [2.75, 3.05) is 40.4 Å². The first-order chi connectivity index (χ1) is 12.6. The van der Waals surface area contributed by atoms with Crippen LogP contribution in [-0.2, 0) is 4.79 Å². The number of nitrogens with one attached hydrogen (secondary N) is 1. The van der Waals surface area contributed by atoms with Crippen LogP contribution in [0.5, 0.6) is 11.5 Å². The molecule has 2 rings (SSSR count). The van der Waals surface area contributed by atoms with Crippen LogP contribution in [0.25, 0.3) is 6.08 Å². The van der Waals surface area contributed by atoms with Crippen molar-refractivity contribution in [2.45, 2.75) is 32.1 Å². The van der Waals surface area contributed by atoms with E-state index < -0.39 is 0 Å². The summed E-state index contributed by atoms with van der Waals surface area (Å²) in [4.78, 5) is 14.5. The minimum Gasteiger partial charge on any atom is -0.493 e. The van der Waals surface area contributed by atoms with Crippen LogP contribution in [0.2, 0.25) is 5.02 Å². The van der Waals surface area contributed by atoms with Crippen molar-refractivity contribution in [3.8, 4) is 11.5 Å². The molecule has 1 fully saturated rings. The second kappa shape index (κ2) is 11.1. The molecule has 1 saturated heterocycles. The molecule has 26 heavy (non-hydrogen) atoms. The quantitative estimate of drug-likeness (QED) is 0.551. The average molecular weight is 381 g/mol. The van der Waals surface area contributed by atoms with Gasteiger partial charge in [0.25, 0.3) is 0 Å². The van der Waals surface area contributed by atoms with Crippen LogP contribution in [0.3, 0.4) is 0 Å². The molecule has 1 aromatic rings. The Hall–Kier alpha value is -1.72. The number of hydrogen-bond acceptors (Lipinski definition) is 4. The van der Waals surface area contributed by atoms with E-state index in [0.717, 1.165) is 18.5 Å². The van der Waals surface area contributed by atoms with Crippen molar-refractivity contribution >= 4 is 23.6 Å². The average Bonchev–Trinajstić information content (AvgIpc) is 2.91. The van der Waals surface area contributed by atoms with Gasteiger partial charge in [0.2, 0.25) is 5.91 Å². The number of carbonyl (C=O) groups is 1. The van der Waals surface area contributed by atoms with E-state index in [2.05, 4.69) is 10.2 Å². The molecule has 0 aromatic heterocycles. The van der Waals surface area contributed by atoms with E-state index in [1.807, 2.05) is 0 Å². The summed E-state index contributed by atoms with van der Waals surface area (Å²) < 4.78 is 10.5. The summed E-state index contributed by atoms with van der Waals surface area (Å²) in [6.45, 7) is 4.11. The zero-order valence-corrected chi connectivity index (χ0v) is 16.5. The van der Waals surface area contributed by atoms with E-state index in [1.54, 1.807) is 32.4 Å². The van der Waals surface area contributed by atoms with E-state index in [1.165, 1.54) is 44.8 Å². The molecule has 0 bridgehead atoms. The predicted octanol–water partition coefficient (Wildman–Crippen LogP) is 3.75. The minimum absolute atomic E-state index is 0.105. The van der Waals surface area contributed by atoms with Gasteiger partial charge in [-0.05, 0) is 62.7 Å². The number of ether oxygens (including phenoxy) is 2. The molecule has 1 N–H and O–H groups in total. The number of methoxy groups -OCH3 is 2. The summed E-state index contributed by atoms with van der Waals surface area (Å²) in [6, 6.07) is 3.53. The largest absolute Gasteiger partial charge is 0.493 e. The fraction of sp³-hybridized carbons (Fsp3) is 0.550. The standard InChI is InChI=1S/C20H29ClN2O3/c1-25-18-15-16(14-17(21)20(18)26-2)8-9-19(24)22-10-7-13-23-11-5-3-4-6-12-23/h8-9,14-15H,3-7,10-13H2,1-2H3,(H,22,24)/b9-8+. The van der Waals surface area contributed by atoms with Crippen molar-refractivity contribution in [3.05, 3.63) is 28.8 Å². The van der Waals surface area contributed by atoms with E-state index in [4.69, 9.17) is 21.1 Å². The number of benzene rings is 1. The molecular formula is C20H29ClN2O3. The second-order valence-corrected chi connectivity index (χ2v) is 6.88. The van der Waals surface area contributed by atoms with Gasteiger partial charge in [0.15, 0.2) is 11.5 Å². The number of carbonyl (C=O) groups excluding carboxylic acids is 1. The molecule has 144 valence electrons. The molecule has 1 aliphatic heterocycles. The first-order valence-corrected chi connectivity index (χ1v) is 9.61. The van der Waals surface area contributed by atoms with Gasteiger partial charge in [0.1, 0.15) is 0 Å². The summed E-state index contributed by atoms with van der Waals surface area (Å²) in [5.41, 5.74) is 0.785. The van der Waals surface area contributed by atoms with Crippen LogP contribution in [0.1, 0.15) is 37.7 Å². The lowest BCUT2D eigenvalue weighted by molar-refractivity contribution is -0.116. The molecule has 0 atom stereocenters. The van der Waals surface area contributed by atoms with Crippen LogP contribution in [-0.4, -0.2) is 51.2 Å². The van der Waals surface area contributed by atoms with E-state index in [9.17, 15) is 4.79 Å². The highest BCUT2D eigenvalue weighted by Gasteiger charge is 2.10. The Labute approximate surface area is 161 Å². The Bertz CT molecular complexity index is 611. The highest BCUT2D eigenvalue weighted by atomic mass is 35.5. The number of halogens is 1. The third kappa shape index (κ3) is 6.54. The molecule has 0 spiro atoms. The minimum atomic E-state index is -0.105. The van der Waals surface area contributed by atoms with Gasteiger partial charge >= 0.3 is 0 Å². The Morgan fingerprint density at radius 2 is 1.92 bits per heavy atom. The Balaban J connectivity index is 1.77. The van der Waals surface area contributed by atoms with Gasteiger partial charge in [0, 0.05) is 12.6 Å². The topological polar surface area (TPSA) is 50.8 Å². The fourth-order valence-corrected chi connectivity index (χ4v) is 3.44. The zero-order chi connectivity index (χ0) is 18.8. The number of nitrogens with zero attached hydrogens (tertiary/aromatic N) is 1.